The standard InChI is InChI=1S/C12H29N3O/c1-11(9-12(2,10-16)13-3)15(6)8-7-14(4)5/h11,13,16H,7-10H2,1-6H3. The number of aliphatic hydroxyl groups excluding tert-OH is 1. The second kappa shape index (κ2) is 7.22. The lowest BCUT2D eigenvalue weighted by molar-refractivity contribution is 0.128. The van der Waals surface area contributed by atoms with Gasteiger partial charge < -0.3 is 20.2 Å². The predicted molar refractivity (Wildman–Crippen MR) is 69.8 cm³/mol. The molecule has 0 aromatic rings. The molecular weight excluding hydrogens is 202 g/mol. The molecule has 0 rings (SSSR count). The minimum atomic E-state index is -0.175. The number of aliphatic hydroxyl groups is 1. The molecule has 0 saturated heterocycles. The van der Waals surface area contributed by atoms with Crippen molar-refractivity contribution in [2.45, 2.75) is 31.8 Å². The molecule has 4 heteroatoms. The van der Waals surface area contributed by atoms with Crippen LogP contribution in [-0.4, -0.2) is 74.4 Å². The van der Waals surface area contributed by atoms with Gasteiger partial charge in [0.1, 0.15) is 0 Å². The molecule has 0 aliphatic rings. The summed E-state index contributed by atoms with van der Waals surface area (Å²) in [4.78, 5) is 4.53. The molecule has 0 amide bonds. The highest BCUT2D eigenvalue weighted by atomic mass is 16.3. The summed E-state index contributed by atoms with van der Waals surface area (Å²) in [5, 5.41) is 12.5. The number of hydrogen-bond acceptors (Lipinski definition) is 4. The number of likely N-dealkylation sites (N-methyl/N-ethyl adjacent to an activating group) is 3. The third-order valence-electron chi connectivity index (χ3n) is 3.35. The van der Waals surface area contributed by atoms with E-state index in [1.165, 1.54) is 0 Å². The summed E-state index contributed by atoms with van der Waals surface area (Å²) in [7, 11) is 8.22. The van der Waals surface area contributed by atoms with Crippen LogP contribution in [0.5, 0.6) is 0 Å². The Bertz CT molecular complexity index is 181. The van der Waals surface area contributed by atoms with Gasteiger partial charge in [-0.05, 0) is 48.5 Å². The van der Waals surface area contributed by atoms with E-state index in [0.29, 0.717) is 6.04 Å². The molecule has 98 valence electrons. The van der Waals surface area contributed by atoms with Crippen LogP contribution in [0, 0.1) is 0 Å². The summed E-state index contributed by atoms with van der Waals surface area (Å²) in [6.07, 6.45) is 0.948. The van der Waals surface area contributed by atoms with E-state index in [2.05, 4.69) is 50.1 Å². The van der Waals surface area contributed by atoms with Crippen LogP contribution >= 0.6 is 0 Å². The van der Waals surface area contributed by atoms with Crippen LogP contribution in [0.3, 0.4) is 0 Å². The van der Waals surface area contributed by atoms with Crippen LogP contribution in [0.4, 0.5) is 0 Å². The monoisotopic (exact) mass is 231 g/mol. The number of nitrogens with zero attached hydrogens (tertiary/aromatic N) is 2. The molecule has 2 atom stereocenters. The van der Waals surface area contributed by atoms with Crippen LogP contribution in [0.2, 0.25) is 0 Å². The van der Waals surface area contributed by atoms with E-state index in [1.807, 2.05) is 7.05 Å². The summed E-state index contributed by atoms with van der Waals surface area (Å²) in [6, 6.07) is 0.463. The molecule has 0 aliphatic heterocycles. The fourth-order valence-electron chi connectivity index (χ4n) is 1.63. The zero-order chi connectivity index (χ0) is 12.8. The third kappa shape index (κ3) is 5.80. The smallest absolute Gasteiger partial charge is 0.0611 e. The van der Waals surface area contributed by atoms with Crippen molar-refractivity contribution in [1.29, 1.82) is 0 Å². The molecular formula is C12H29N3O. The van der Waals surface area contributed by atoms with E-state index in [-0.39, 0.29) is 12.1 Å². The maximum absolute atomic E-state index is 9.34. The Morgan fingerprint density at radius 1 is 1.25 bits per heavy atom. The molecule has 2 N–H and O–H groups in total. The van der Waals surface area contributed by atoms with Gasteiger partial charge in [-0.2, -0.15) is 0 Å². The van der Waals surface area contributed by atoms with Gasteiger partial charge in [-0.15, -0.1) is 0 Å². The van der Waals surface area contributed by atoms with E-state index in [1.54, 1.807) is 0 Å². The van der Waals surface area contributed by atoms with Crippen LogP contribution in [0.1, 0.15) is 20.3 Å². The summed E-state index contributed by atoms with van der Waals surface area (Å²) in [6.45, 7) is 6.56. The minimum Gasteiger partial charge on any atom is -0.394 e. The Hall–Kier alpha value is -0.160. The molecule has 2 unspecified atom stereocenters. The molecule has 0 saturated carbocycles. The normalized spacial score (nSPS) is 17.8. The van der Waals surface area contributed by atoms with Gasteiger partial charge in [0, 0.05) is 24.7 Å². The average molecular weight is 231 g/mol. The van der Waals surface area contributed by atoms with Gasteiger partial charge in [-0.3, -0.25) is 0 Å². The first-order chi connectivity index (χ1) is 7.34. The molecule has 4 nitrogen and oxygen atoms in total. The van der Waals surface area contributed by atoms with Crippen molar-refractivity contribution in [2.24, 2.45) is 0 Å². The Labute approximate surface area is 101 Å². The zero-order valence-electron chi connectivity index (χ0n) is 11.7. The average Bonchev–Trinajstić information content (AvgIpc) is 2.25. The van der Waals surface area contributed by atoms with Crippen molar-refractivity contribution in [1.82, 2.24) is 15.1 Å². The van der Waals surface area contributed by atoms with Gasteiger partial charge in [-0.1, -0.05) is 0 Å². The van der Waals surface area contributed by atoms with Crippen molar-refractivity contribution in [3.8, 4) is 0 Å². The summed E-state index contributed by atoms with van der Waals surface area (Å²) >= 11 is 0. The Kier molecular flexibility index (Phi) is 7.15. The van der Waals surface area contributed by atoms with Crippen molar-refractivity contribution in [3.63, 3.8) is 0 Å². The Morgan fingerprint density at radius 2 is 1.81 bits per heavy atom. The third-order valence-corrected chi connectivity index (χ3v) is 3.35. The molecule has 0 radical (unpaired) electrons. The molecule has 0 spiro atoms. The minimum absolute atomic E-state index is 0.175. The molecule has 0 heterocycles. The topological polar surface area (TPSA) is 38.7 Å². The lowest BCUT2D eigenvalue weighted by Gasteiger charge is -2.34. The van der Waals surface area contributed by atoms with Crippen molar-refractivity contribution in [3.05, 3.63) is 0 Å². The van der Waals surface area contributed by atoms with Gasteiger partial charge in [-0.25, -0.2) is 0 Å². The van der Waals surface area contributed by atoms with E-state index < -0.39 is 0 Å². The van der Waals surface area contributed by atoms with Crippen molar-refractivity contribution in [2.75, 3.05) is 47.9 Å². The predicted octanol–water partition coefficient (Wildman–Crippen LogP) is 0.229. The van der Waals surface area contributed by atoms with Gasteiger partial charge in [0.2, 0.25) is 0 Å². The highest BCUT2D eigenvalue weighted by Crippen LogP contribution is 2.14. The van der Waals surface area contributed by atoms with Crippen LogP contribution in [0.15, 0.2) is 0 Å². The quantitative estimate of drug-likeness (QED) is 0.627. The fraction of sp³-hybridized carbons (Fsp3) is 1.00. The first-order valence-electron chi connectivity index (χ1n) is 5.99. The second-order valence-corrected chi connectivity index (χ2v) is 5.31. The maximum Gasteiger partial charge on any atom is 0.0611 e. The van der Waals surface area contributed by atoms with Gasteiger partial charge >= 0.3 is 0 Å². The maximum atomic E-state index is 9.34. The first-order valence-corrected chi connectivity index (χ1v) is 5.99. The highest BCUT2D eigenvalue weighted by Gasteiger charge is 2.25. The van der Waals surface area contributed by atoms with Crippen LogP contribution < -0.4 is 5.32 Å². The highest BCUT2D eigenvalue weighted by molar-refractivity contribution is 4.85. The summed E-state index contributed by atoms with van der Waals surface area (Å²) in [5.41, 5.74) is -0.175. The fourth-order valence-corrected chi connectivity index (χ4v) is 1.63. The molecule has 0 aliphatic carbocycles. The summed E-state index contributed by atoms with van der Waals surface area (Å²) < 4.78 is 0. The number of nitrogens with one attached hydrogen (secondary N) is 1. The lowest BCUT2D eigenvalue weighted by atomic mass is 9.94. The first kappa shape index (κ1) is 15.8. The van der Waals surface area contributed by atoms with Crippen molar-refractivity contribution >= 4 is 0 Å². The lowest BCUT2D eigenvalue weighted by Crippen LogP contribution is -2.49. The summed E-state index contributed by atoms with van der Waals surface area (Å²) in [5.74, 6) is 0. The molecule has 0 aromatic carbocycles. The van der Waals surface area contributed by atoms with Crippen LogP contribution in [-0.2, 0) is 0 Å². The molecule has 0 aromatic heterocycles. The van der Waals surface area contributed by atoms with Crippen LogP contribution in [0.25, 0.3) is 0 Å². The Morgan fingerprint density at radius 3 is 2.19 bits per heavy atom. The largest absolute Gasteiger partial charge is 0.394 e. The van der Waals surface area contributed by atoms with Crippen molar-refractivity contribution < 1.29 is 5.11 Å². The Balaban J connectivity index is 4.08. The second-order valence-electron chi connectivity index (χ2n) is 5.31. The van der Waals surface area contributed by atoms with Gasteiger partial charge in [0.05, 0.1) is 6.61 Å². The van der Waals surface area contributed by atoms with E-state index >= 15 is 0 Å². The molecule has 16 heavy (non-hydrogen) atoms. The molecule has 0 fully saturated rings. The van der Waals surface area contributed by atoms with Gasteiger partial charge in [0.25, 0.3) is 0 Å². The van der Waals surface area contributed by atoms with E-state index in [0.717, 1.165) is 19.5 Å². The van der Waals surface area contributed by atoms with Gasteiger partial charge in [0.15, 0.2) is 0 Å². The number of hydrogen-bond donors (Lipinski definition) is 2. The SMILES string of the molecule is CNC(C)(CO)CC(C)N(C)CCN(C)C. The van der Waals surface area contributed by atoms with E-state index in [9.17, 15) is 5.11 Å². The zero-order valence-corrected chi connectivity index (χ0v) is 11.7. The molecule has 0 bridgehead atoms. The number of rotatable bonds is 8. The van der Waals surface area contributed by atoms with E-state index in [4.69, 9.17) is 0 Å².